The lowest BCUT2D eigenvalue weighted by atomic mass is 9.83. The molecule has 0 N–H and O–H groups in total. The summed E-state index contributed by atoms with van der Waals surface area (Å²) in [5.74, 6) is 0. The van der Waals surface area contributed by atoms with E-state index in [4.69, 9.17) is 23.2 Å². The van der Waals surface area contributed by atoms with Crippen LogP contribution in [0, 0.1) is 0 Å². The van der Waals surface area contributed by atoms with Crippen LogP contribution in [0.25, 0.3) is 6.08 Å². The summed E-state index contributed by atoms with van der Waals surface area (Å²) in [7, 11) is 0. The lowest BCUT2D eigenvalue weighted by molar-refractivity contribution is -0.137. The minimum atomic E-state index is -4.48. The molecule has 142 valence electrons. The second kappa shape index (κ2) is 8.75. The van der Waals surface area contributed by atoms with Gasteiger partial charge in [-0.15, -0.1) is 0 Å². The zero-order valence-electron chi connectivity index (χ0n) is 14.4. The molecule has 1 unspecified atom stereocenters. The number of isocyanates is 1. The topological polar surface area (TPSA) is 29.4 Å². The molecule has 0 aliphatic carbocycles. The van der Waals surface area contributed by atoms with Crippen LogP contribution >= 0.6 is 23.2 Å². The molecular formula is C20H16Cl2F3NO. The fraction of sp³-hybridized carbons (Fsp3) is 0.250. The van der Waals surface area contributed by atoms with Crippen molar-refractivity contribution in [1.29, 1.82) is 0 Å². The van der Waals surface area contributed by atoms with Crippen LogP contribution in [-0.2, 0) is 16.5 Å². The Bertz CT molecular complexity index is 889. The molecule has 0 fully saturated rings. The third-order valence-corrected chi connectivity index (χ3v) is 5.02. The van der Waals surface area contributed by atoms with Crippen molar-refractivity contribution in [3.8, 4) is 0 Å². The van der Waals surface area contributed by atoms with Gasteiger partial charge in [0.15, 0.2) is 0 Å². The molecule has 0 radical (unpaired) electrons. The van der Waals surface area contributed by atoms with E-state index in [1.165, 1.54) is 18.2 Å². The maximum absolute atomic E-state index is 13.0. The van der Waals surface area contributed by atoms with Gasteiger partial charge in [0.1, 0.15) is 5.54 Å². The minimum absolute atomic E-state index is 0.223. The molecule has 1 atom stereocenters. The van der Waals surface area contributed by atoms with Gasteiger partial charge in [0.05, 0.1) is 15.6 Å². The van der Waals surface area contributed by atoms with E-state index in [1.807, 2.05) is 0 Å². The van der Waals surface area contributed by atoms with Crippen LogP contribution in [0.15, 0.2) is 53.5 Å². The van der Waals surface area contributed by atoms with Crippen molar-refractivity contribution in [3.05, 3.63) is 75.3 Å². The van der Waals surface area contributed by atoms with Crippen LogP contribution in [0.5, 0.6) is 0 Å². The maximum atomic E-state index is 13.0. The Labute approximate surface area is 165 Å². The van der Waals surface area contributed by atoms with E-state index in [1.54, 1.807) is 37.3 Å². The standard InChI is InChI=1S/C20H16Cl2F3NO/c1-2-19(26-13-27,15-6-3-7-16(12-15)20(23,24)25)10-4-5-14-8-9-17(21)18(22)11-14/h3-9,11-12H,2,10H2,1H3. The summed E-state index contributed by atoms with van der Waals surface area (Å²) >= 11 is 11.9. The summed E-state index contributed by atoms with van der Waals surface area (Å²) in [6, 6.07) is 9.93. The second-order valence-corrected chi connectivity index (χ2v) is 6.76. The lowest BCUT2D eigenvalue weighted by Crippen LogP contribution is -2.22. The predicted octanol–water partition coefficient (Wildman–Crippen LogP) is 7.06. The third-order valence-electron chi connectivity index (χ3n) is 4.28. The van der Waals surface area contributed by atoms with Crippen molar-refractivity contribution >= 4 is 35.4 Å². The molecule has 2 rings (SSSR count). The molecule has 0 saturated carbocycles. The highest BCUT2D eigenvalue weighted by molar-refractivity contribution is 6.42. The number of hydrogen-bond acceptors (Lipinski definition) is 2. The zero-order valence-corrected chi connectivity index (χ0v) is 15.9. The number of alkyl halides is 3. The van der Waals surface area contributed by atoms with Crippen LogP contribution in [0.4, 0.5) is 13.2 Å². The monoisotopic (exact) mass is 413 g/mol. The molecular weight excluding hydrogens is 398 g/mol. The summed E-state index contributed by atoms with van der Waals surface area (Å²) in [5.41, 5.74) is -0.835. The van der Waals surface area contributed by atoms with Gasteiger partial charge in [-0.3, -0.25) is 0 Å². The van der Waals surface area contributed by atoms with E-state index in [9.17, 15) is 18.0 Å². The minimum Gasteiger partial charge on any atom is -0.211 e. The Hall–Kier alpha value is -2.07. The summed E-state index contributed by atoms with van der Waals surface area (Å²) in [4.78, 5) is 14.8. The van der Waals surface area contributed by atoms with Gasteiger partial charge in [-0.2, -0.15) is 18.2 Å². The van der Waals surface area contributed by atoms with Gasteiger partial charge in [-0.25, -0.2) is 4.79 Å². The predicted molar refractivity (Wildman–Crippen MR) is 102 cm³/mol. The van der Waals surface area contributed by atoms with Crippen LogP contribution in [0.2, 0.25) is 10.0 Å². The summed E-state index contributed by atoms with van der Waals surface area (Å²) in [6.07, 6.45) is 1.07. The van der Waals surface area contributed by atoms with Gasteiger partial charge in [0.2, 0.25) is 6.08 Å². The van der Waals surface area contributed by atoms with Crippen molar-refractivity contribution in [2.24, 2.45) is 4.99 Å². The normalized spacial score (nSPS) is 14.0. The maximum Gasteiger partial charge on any atom is 0.416 e. The lowest BCUT2D eigenvalue weighted by Gasteiger charge is -2.27. The van der Waals surface area contributed by atoms with Gasteiger partial charge < -0.3 is 0 Å². The zero-order chi connectivity index (χ0) is 20.1. The first-order valence-corrected chi connectivity index (χ1v) is 8.86. The fourth-order valence-corrected chi connectivity index (χ4v) is 3.04. The number of benzene rings is 2. The number of hydrogen-bond donors (Lipinski definition) is 0. The number of aliphatic imine (C=N–C) groups is 1. The van der Waals surface area contributed by atoms with Gasteiger partial charge >= 0.3 is 6.18 Å². The van der Waals surface area contributed by atoms with E-state index in [-0.39, 0.29) is 6.42 Å². The van der Waals surface area contributed by atoms with Gasteiger partial charge in [-0.05, 0) is 48.2 Å². The molecule has 0 amide bonds. The first kappa shape index (κ1) is 21.2. The number of halogens is 5. The fourth-order valence-electron chi connectivity index (χ4n) is 2.73. The molecule has 0 heterocycles. The van der Waals surface area contributed by atoms with Crippen molar-refractivity contribution in [3.63, 3.8) is 0 Å². The van der Waals surface area contributed by atoms with E-state index < -0.39 is 17.3 Å². The van der Waals surface area contributed by atoms with Crippen molar-refractivity contribution < 1.29 is 18.0 Å². The quantitative estimate of drug-likeness (QED) is 0.368. The summed E-state index contributed by atoms with van der Waals surface area (Å²) < 4.78 is 39.1. The third kappa shape index (κ3) is 5.23. The molecule has 2 nitrogen and oxygen atoms in total. The van der Waals surface area contributed by atoms with Crippen molar-refractivity contribution in [2.45, 2.75) is 31.5 Å². The van der Waals surface area contributed by atoms with E-state index in [0.717, 1.165) is 17.7 Å². The summed E-state index contributed by atoms with van der Waals surface area (Å²) in [5, 5.41) is 0.815. The average molecular weight is 414 g/mol. The smallest absolute Gasteiger partial charge is 0.211 e. The van der Waals surface area contributed by atoms with Gasteiger partial charge in [0, 0.05) is 0 Å². The molecule has 27 heavy (non-hydrogen) atoms. The largest absolute Gasteiger partial charge is 0.416 e. The Morgan fingerprint density at radius 1 is 1.07 bits per heavy atom. The Morgan fingerprint density at radius 3 is 2.37 bits per heavy atom. The molecule has 0 aliphatic heterocycles. The van der Waals surface area contributed by atoms with E-state index >= 15 is 0 Å². The molecule has 0 spiro atoms. The van der Waals surface area contributed by atoms with Crippen LogP contribution in [0.1, 0.15) is 36.5 Å². The average Bonchev–Trinajstić information content (AvgIpc) is 2.63. The van der Waals surface area contributed by atoms with E-state index in [2.05, 4.69) is 4.99 Å². The molecule has 0 aromatic heterocycles. The van der Waals surface area contributed by atoms with Crippen LogP contribution < -0.4 is 0 Å². The molecule has 0 aliphatic rings. The SMILES string of the molecule is CCC(CC=Cc1ccc(Cl)c(Cl)c1)(N=C=O)c1cccc(C(F)(F)F)c1. The molecule has 0 bridgehead atoms. The number of nitrogens with zero attached hydrogens (tertiary/aromatic N) is 1. The van der Waals surface area contributed by atoms with E-state index in [0.29, 0.717) is 22.0 Å². The summed E-state index contributed by atoms with van der Waals surface area (Å²) in [6.45, 7) is 1.76. The second-order valence-electron chi connectivity index (χ2n) is 5.95. The van der Waals surface area contributed by atoms with Crippen molar-refractivity contribution in [1.82, 2.24) is 0 Å². The Kier molecular flexibility index (Phi) is 6.88. The highest BCUT2D eigenvalue weighted by Crippen LogP contribution is 2.37. The number of rotatable bonds is 6. The van der Waals surface area contributed by atoms with Crippen LogP contribution in [-0.4, -0.2) is 6.08 Å². The molecule has 2 aromatic carbocycles. The number of carbonyl (C=O) groups excluding carboxylic acids is 1. The molecule has 0 saturated heterocycles. The van der Waals surface area contributed by atoms with Crippen molar-refractivity contribution in [2.75, 3.05) is 0 Å². The first-order chi connectivity index (χ1) is 12.7. The highest BCUT2D eigenvalue weighted by atomic mass is 35.5. The highest BCUT2D eigenvalue weighted by Gasteiger charge is 2.34. The molecule has 2 aromatic rings. The molecule has 7 heteroatoms. The Morgan fingerprint density at radius 2 is 1.78 bits per heavy atom. The Balaban J connectivity index is 2.38. The van der Waals surface area contributed by atoms with Gasteiger partial charge in [0.25, 0.3) is 0 Å². The van der Waals surface area contributed by atoms with Gasteiger partial charge in [-0.1, -0.05) is 60.5 Å². The van der Waals surface area contributed by atoms with Crippen LogP contribution in [0.3, 0.4) is 0 Å². The first-order valence-electron chi connectivity index (χ1n) is 8.10.